The number of hydrogen-bond acceptors (Lipinski definition) is 2. The predicted octanol–water partition coefficient (Wildman–Crippen LogP) is 2.25. The quantitative estimate of drug-likeness (QED) is 0.732. The van der Waals surface area contributed by atoms with Crippen molar-refractivity contribution >= 4 is 33.4 Å². The molecule has 0 unspecified atom stereocenters. The monoisotopic (exact) mass is 345 g/mol. The molecular weight excluding hydrogens is 338 g/mol. The molecule has 0 radical (unpaired) electrons. The number of rotatable bonds is 1. The zero-order valence-corrected chi connectivity index (χ0v) is 11.3. The van der Waals surface area contributed by atoms with Gasteiger partial charge in [-0.3, -0.25) is 4.79 Å². The molecule has 0 spiro atoms. The van der Waals surface area contributed by atoms with Gasteiger partial charge in [0.05, 0.1) is 12.2 Å². The molecule has 100 valence electrons. The summed E-state index contributed by atoms with van der Waals surface area (Å²) < 4.78 is 39.3. The van der Waals surface area contributed by atoms with E-state index in [1.807, 2.05) is 0 Å². The number of carbonyl (C=O) groups excluding carboxylic acids is 1. The topological polar surface area (TPSA) is 38.1 Å². The highest BCUT2D eigenvalue weighted by Gasteiger charge is 2.40. The van der Waals surface area contributed by atoms with Crippen molar-refractivity contribution in [3.05, 3.63) is 16.1 Å². The number of amides is 1. The van der Waals surface area contributed by atoms with Gasteiger partial charge in [0.15, 0.2) is 0 Å². The van der Waals surface area contributed by atoms with E-state index < -0.39 is 12.0 Å². The Morgan fingerprint density at radius 2 is 2.11 bits per heavy atom. The first kappa shape index (κ1) is 13.7. The Morgan fingerprint density at radius 3 is 2.67 bits per heavy atom. The SMILES string of the molecule is O=C(CCl)N1CCn2c(C(F)(F)F)nc(Br)c2C1. The van der Waals surface area contributed by atoms with Gasteiger partial charge in [0.25, 0.3) is 0 Å². The molecule has 18 heavy (non-hydrogen) atoms. The molecule has 1 aliphatic heterocycles. The first-order valence-electron chi connectivity index (χ1n) is 5.00. The Kier molecular flexibility index (Phi) is 3.59. The molecule has 0 N–H and O–H groups in total. The minimum absolute atomic E-state index is 0.0609. The van der Waals surface area contributed by atoms with Crippen molar-refractivity contribution in [2.75, 3.05) is 12.4 Å². The van der Waals surface area contributed by atoms with Crippen LogP contribution in [0.2, 0.25) is 0 Å². The van der Waals surface area contributed by atoms with Crippen LogP contribution in [0.4, 0.5) is 13.2 Å². The second kappa shape index (κ2) is 4.73. The maximum Gasteiger partial charge on any atom is 0.449 e. The summed E-state index contributed by atoms with van der Waals surface area (Å²) >= 11 is 8.42. The van der Waals surface area contributed by atoms with Crippen LogP contribution in [0.25, 0.3) is 0 Å². The first-order valence-corrected chi connectivity index (χ1v) is 6.33. The highest BCUT2D eigenvalue weighted by molar-refractivity contribution is 9.10. The summed E-state index contributed by atoms with van der Waals surface area (Å²) in [4.78, 5) is 16.3. The zero-order chi connectivity index (χ0) is 13.5. The lowest BCUT2D eigenvalue weighted by molar-refractivity contribution is -0.148. The largest absolute Gasteiger partial charge is 0.449 e. The summed E-state index contributed by atoms with van der Waals surface area (Å²) in [5, 5.41) is 0. The number of hydrogen-bond donors (Lipinski definition) is 0. The van der Waals surface area contributed by atoms with E-state index in [-0.39, 0.29) is 36.0 Å². The molecule has 0 aromatic carbocycles. The van der Waals surface area contributed by atoms with Gasteiger partial charge < -0.3 is 9.47 Å². The van der Waals surface area contributed by atoms with Gasteiger partial charge >= 0.3 is 6.18 Å². The van der Waals surface area contributed by atoms with Crippen molar-refractivity contribution in [2.24, 2.45) is 0 Å². The van der Waals surface area contributed by atoms with E-state index in [2.05, 4.69) is 20.9 Å². The van der Waals surface area contributed by atoms with Gasteiger partial charge in [-0.05, 0) is 15.9 Å². The highest BCUT2D eigenvalue weighted by Crippen LogP contribution is 2.33. The van der Waals surface area contributed by atoms with Crippen molar-refractivity contribution in [3.63, 3.8) is 0 Å². The van der Waals surface area contributed by atoms with Crippen molar-refractivity contribution in [1.29, 1.82) is 0 Å². The van der Waals surface area contributed by atoms with Gasteiger partial charge in [0, 0.05) is 13.1 Å². The van der Waals surface area contributed by atoms with Crippen LogP contribution in [0.3, 0.4) is 0 Å². The maximum atomic E-state index is 12.7. The molecular formula is C9H8BrClF3N3O. The van der Waals surface area contributed by atoms with Crippen LogP contribution in [0, 0.1) is 0 Å². The molecule has 1 amide bonds. The van der Waals surface area contributed by atoms with Gasteiger partial charge in [-0.15, -0.1) is 11.6 Å². The first-order chi connectivity index (χ1) is 8.34. The smallest absolute Gasteiger partial charge is 0.334 e. The number of halogens is 5. The van der Waals surface area contributed by atoms with Crippen LogP contribution in [-0.2, 0) is 24.1 Å². The Morgan fingerprint density at radius 1 is 1.44 bits per heavy atom. The van der Waals surface area contributed by atoms with E-state index in [1.54, 1.807) is 0 Å². The van der Waals surface area contributed by atoms with E-state index in [0.29, 0.717) is 5.69 Å². The summed E-state index contributed by atoms with van der Waals surface area (Å²) in [6.45, 7) is 0.338. The molecule has 0 aliphatic carbocycles. The van der Waals surface area contributed by atoms with Crippen LogP contribution in [0.1, 0.15) is 11.5 Å². The van der Waals surface area contributed by atoms with Gasteiger partial charge in [-0.1, -0.05) is 0 Å². The number of aromatic nitrogens is 2. The summed E-state index contributed by atoms with van der Waals surface area (Å²) in [5.74, 6) is -1.43. The van der Waals surface area contributed by atoms with Crippen LogP contribution in [-0.4, -0.2) is 32.8 Å². The normalized spacial score (nSPS) is 15.7. The number of imidazole rings is 1. The van der Waals surface area contributed by atoms with Crippen molar-refractivity contribution in [3.8, 4) is 0 Å². The molecule has 1 aliphatic rings. The maximum absolute atomic E-state index is 12.7. The third-order valence-electron chi connectivity index (χ3n) is 2.68. The van der Waals surface area contributed by atoms with E-state index in [1.165, 1.54) is 4.90 Å². The molecule has 2 heterocycles. The van der Waals surface area contributed by atoms with E-state index in [9.17, 15) is 18.0 Å². The predicted molar refractivity (Wildman–Crippen MR) is 61.1 cm³/mol. The summed E-state index contributed by atoms with van der Waals surface area (Å²) in [7, 11) is 0. The average molecular weight is 347 g/mol. The van der Waals surface area contributed by atoms with Gasteiger partial charge in [-0.2, -0.15) is 13.2 Å². The van der Waals surface area contributed by atoms with Crippen molar-refractivity contribution < 1.29 is 18.0 Å². The molecule has 0 saturated heterocycles. The molecule has 0 atom stereocenters. The number of nitrogens with zero attached hydrogens (tertiary/aromatic N) is 3. The van der Waals surface area contributed by atoms with E-state index >= 15 is 0 Å². The van der Waals surface area contributed by atoms with Crippen LogP contribution in [0.5, 0.6) is 0 Å². The van der Waals surface area contributed by atoms with E-state index in [0.717, 1.165) is 4.57 Å². The lowest BCUT2D eigenvalue weighted by Gasteiger charge is -2.28. The summed E-state index contributed by atoms with van der Waals surface area (Å²) in [6.07, 6.45) is -4.50. The molecule has 4 nitrogen and oxygen atoms in total. The van der Waals surface area contributed by atoms with E-state index in [4.69, 9.17) is 11.6 Å². The molecule has 0 bridgehead atoms. The van der Waals surface area contributed by atoms with Crippen LogP contribution < -0.4 is 0 Å². The second-order valence-electron chi connectivity index (χ2n) is 3.77. The van der Waals surface area contributed by atoms with Gasteiger partial charge in [0.2, 0.25) is 11.7 Å². The lowest BCUT2D eigenvalue weighted by Crippen LogP contribution is -2.39. The van der Waals surface area contributed by atoms with Crippen molar-refractivity contribution in [2.45, 2.75) is 19.3 Å². The number of fused-ring (bicyclic) bond motifs is 1. The molecule has 1 aromatic heterocycles. The molecule has 2 rings (SSSR count). The molecule has 9 heteroatoms. The Balaban J connectivity index is 2.35. The van der Waals surface area contributed by atoms with Crippen molar-refractivity contribution in [1.82, 2.24) is 14.5 Å². The number of alkyl halides is 4. The standard InChI is InChI=1S/C9H8BrClF3N3O/c10-7-5-4-16(6(18)3-11)1-2-17(5)8(15-7)9(12,13)14/h1-4H2. The van der Waals surface area contributed by atoms with Gasteiger partial charge in [-0.25, -0.2) is 4.98 Å². The number of carbonyl (C=O) groups is 1. The van der Waals surface area contributed by atoms with Crippen LogP contribution >= 0.6 is 27.5 Å². The minimum atomic E-state index is -4.50. The third-order valence-corrected chi connectivity index (χ3v) is 3.54. The lowest BCUT2D eigenvalue weighted by atomic mass is 10.3. The fraction of sp³-hybridized carbons (Fsp3) is 0.556. The Hall–Kier alpha value is -0.760. The van der Waals surface area contributed by atoms with Crippen LogP contribution in [0.15, 0.2) is 4.60 Å². The fourth-order valence-corrected chi connectivity index (χ4v) is 2.52. The molecule has 0 fully saturated rings. The van der Waals surface area contributed by atoms with Gasteiger partial charge in [0.1, 0.15) is 10.5 Å². The Labute approximate surface area is 114 Å². The molecule has 1 aromatic rings. The Bertz CT molecular complexity index is 488. The molecule has 0 saturated carbocycles. The second-order valence-corrected chi connectivity index (χ2v) is 4.79. The zero-order valence-electron chi connectivity index (χ0n) is 8.97. The highest BCUT2D eigenvalue weighted by atomic mass is 79.9. The average Bonchev–Trinajstić information content (AvgIpc) is 2.65. The minimum Gasteiger partial charge on any atom is -0.334 e. The third kappa shape index (κ3) is 2.35. The fourth-order valence-electron chi connectivity index (χ4n) is 1.84. The summed E-state index contributed by atoms with van der Waals surface area (Å²) in [5.41, 5.74) is 0.340. The summed E-state index contributed by atoms with van der Waals surface area (Å²) in [6, 6.07) is 0.